The van der Waals surface area contributed by atoms with Gasteiger partial charge in [-0.05, 0) is 0 Å². The van der Waals surface area contributed by atoms with Crippen molar-refractivity contribution in [3.05, 3.63) is 18.6 Å². The first-order valence-corrected chi connectivity index (χ1v) is 5.85. The Hall–Kier alpha value is -1.82. The van der Waals surface area contributed by atoms with Gasteiger partial charge in [0.1, 0.15) is 5.82 Å². The van der Waals surface area contributed by atoms with Crippen LogP contribution in [0.25, 0.3) is 5.65 Å². The zero-order valence-corrected chi connectivity index (χ0v) is 9.85. The standard InChI is InChI=1S/C11H16N6/c1-12-9-8-17-7-4-14-10(17)11(15-9)16-5-2-13-3-6-16/h4,7-8,12-13H,2-3,5-6H2,1H3. The van der Waals surface area contributed by atoms with E-state index in [1.54, 1.807) is 0 Å². The van der Waals surface area contributed by atoms with Crippen molar-refractivity contribution in [1.29, 1.82) is 0 Å². The van der Waals surface area contributed by atoms with Crippen molar-refractivity contribution in [2.75, 3.05) is 43.4 Å². The van der Waals surface area contributed by atoms with Gasteiger partial charge in [-0.15, -0.1) is 0 Å². The summed E-state index contributed by atoms with van der Waals surface area (Å²) in [4.78, 5) is 11.3. The SMILES string of the molecule is CNc1cn2ccnc2c(N2CCNCC2)n1. The molecule has 1 aliphatic heterocycles. The van der Waals surface area contributed by atoms with Gasteiger partial charge in [0.05, 0.1) is 6.20 Å². The van der Waals surface area contributed by atoms with Crippen LogP contribution in [0.2, 0.25) is 0 Å². The highest BCUT2D eigenvalue weighted by molar-refractivity contribution is 5.67. The molecule has 0 aromatic carbocycles. The second kappa shape index (κ2) is 4.21. The summed E-state index contributed by atoms with van der Waals surface area (Å²) < 4.78 is 2.01. The van der Waals surface area contributed by atoms with Crippen LogP contribution < -0.4 is 15.5 Å². The summed E-state index contributed by atoms with van der Waals surface area (Å²) in [7, 11) is 1.88. The maximum absolute atomic E-state index is 4.62. The summed E-state index contributed by atoms with van der Waals surface area (Å²) in [5.74, 6) is 1.83. The average Bonchev–Trinajstić information content (AvgIpc) is 2.86. The largest absolute Gasteiger partial charge is 0.372 e. The molecule has 0 unspecified atom stereocenters. The molecule has 0 aliphatic carbocycles. The molecule has 3 heterocycles. The molecule has 0 saturated carbocycles. The highest BCUT2D eigenvalue weighted by Crippen LogP contribution is 2.20. The molecule has 1 aliphatic rings. The fraction of sp³-hybridized carbons (Fsp3) is 0.455. The number of nitrogens with one attached hydrogen (secondary N) is 2. The number of aromatic nitrogens is 3. The third kappa shape index (κ3) is 1.80. The molecule has 3 rings (SSSR count). The zero-order chi connectivity index (χ0) is 11.7. The van der Waals surface area contributed by atoms with Crippen LogP contribution in [-0.2, 0) is 0 Å². The Kier molecular flexibility index (Phi) is 2.56. The van der Waals surface area contributed by atoms with Crippen LogP contribution in [0.1, 0.15) is 0 Å². The van der Waals surface area contributed by atoms with Crippen LogP contribution >= 0.6 is 0 Å². The van der Waals surface area contributed by atoms with Gasteiger partial charge in [0.15, 0.2) is 11.5 Å². The lowest BCUT2D eigenvalue weighted by Crippen LogP contribution is -2.44. The minimum absolute atomic E-state index is 0.865. The molecule has 17 heavy (non-hydrogen) atoms. The van der Waals surface area contributed by atoms with E-state index in [2.05, 4.69) is 25.5 Å². The highest BCUT2D eigenvalue weighted by Gasteiger charge is 2.16. The molecule has 2 aromatic rings. The highest BCUT2D eigenvalue weighted by atomic mass is 15.3. The molecule has 1 saturated heterocycles. The summed E-state index contributed by atoms with van der Waals surface area (Å²) in [5.41, 5.74) is 0.922. The van der Waals surface area contributed by atoms with Crippen LogP contribution in [0.3, 0.4) is 0 Å². The van der Waals surface area contributed by atoms with Gasteiger partial charge in [0.25, 0.3) is 0 Å². The monoisotopic (exact) mass is 232 g/mol. The topological polar surface area (TPSA) is 57.5 Å². The van der Waals surface area contributed by atoms with Crippen molar-refractivity contribution in [1.82, 2.24) is 19.7 Å². The fourth-order valence-electron chi connectivity index (χ4n) is 2.12. The Balaban J connectivity index is 2.08. The summed E-state index contributed by atoms with van der Waals surface area (Å²) in [6.07, 6.45) is 5.71. The number of imidazole rings is 1. The van der Waals surface area contributed by atoms with E-state index in [1.165, 1.54) is 0 Å². The molecule has 2 aromatic heterocycles. The number of rotatable bonds is 2. The Bertz CT molecular complexity index is 514. The lowest BCUT2D eigenvalue weighted by Gasteiger charge is -2.28. The van der Waals surface area contributed by atoms with Crippen molar-refractivity contribution in [2.24, 2.45) is 0 Å². The lowest BCUT2D eigenvalue weighted by molar-refractivity contribution is 0.585. The van der Waals surface area contributed by atoms with Gasteiger partial charge in [-0.25, -0.2) is 9.97 Å². The molecule has 90 valence electrons. The predicted octanol–water partition coefficient (Wildman–Crippen LogP) is 0.181. The van der Waals surface area contributed by atoms with E-state index in [9.17, 15) is 0 Å². The van der Waals surface area contributed by atoms with E-state index < -0.39 is 0 Å². The first-order valence-electron chi connectivity index (χ1n) is 5.85. The molecule has 6 nitrogen and oxygen atoms in total. The number of hydrogen-bond acceptors (Lipinski definition) is 5. The molecule has 0 spiro atoms. The first-order chi connectivity index (χ1) is 8.38. The Morgan fingerprint density at radius 2 is 2.18 bits per heavy atom. The third-order valence-electron chi connectivity index (χ3n) is 3.03. The predicted molar refractivity (Wildman–Crippen MR) is 67.6 cm³/mol. The van der Waals surface area contributed by atoms with E-state index >= 15 is 0 Å². The normalized spacial score (nSPS) is 16.4. The molecular weight excluding hydrogens is 216 g/mol. The number of anilines is 2. The van der Waals surface area contributed by atoms with Crippen molar-refractivity contribution < 1.29 is 0 Å². The maximum Gasteiger partial charge on any atom is 0.180 e. The van der Waals surface area contributed by atoms with Crippen LogP contribution in [0, 0.1) is 0 Å². The maximum atomic E-state index is 4.62. The molecule has 0 amide bonds. The molecule has 0 atom stereocenters. The van der Waals surface area contributed by atoms with Gasteiger partial charge in [0, 0.05) is 45.6 Å². The zero-order valence-electron chi connectivity index (χ0n) is 9.85. The molecule has 6 heteroatoms. The van der Waals surface area contributed by atoms with E-state index in [0.717, 1.165) is 43.5 Å². The number of hydrogen-bond donors (Lipinski definition) is 2. The van der Waals surface area contributed by atoms with Crippen LogP contribution in [-0.4, -0.2) is 47.6 Å². The Morgan fingerprint density at radius 3 is 2.94 bits per heavy atom. The summed E-state index contributed by atoms with van der Waals surface area (Å²) in [5, 5.41) is 6.43. The second-order valence-corrected chi connectivity index (χ2v) is 4.09. The lowest BCUT2D eigenvalue weighted by atomic mass is 10.3. The number of piperazine rings is 1. The smallest absolute Gasteiger partial charge is 0.180 e. The van der Waals surface area contributed by atoms with Crippen LogP contribution in [0.4, 0.5) is 11.6 Å². The molecular formula is C11H16N6. The third-order valence-corrected chi connectivity index (χ3v) is 3.03. The Labute approximate surface area is 99.7 Å². The summed E-state index contributed by atoms with van der Waals surface area (Å²) >= 11 is 0. The molecule has 0 bridgehead atoms. The summed E-state index contributed by atoms with van der Waals surface area (Å²) in [6.45, 7) is 3.95. The second-order valence-electron chi connectivity index (χ2n) is 4.09. The van der Waals surface area contributed by atoms with Crippen molar-refractivity contribution in [2.45, 2.75) is 0 Å². The van der Waals surface area contributed by atoms with Crippen molar-refractivity contribution >= 4 is 17.3 Å². The van der Waals surface area contributed by atoms with Gasteiger partial charge in [-0.3, -0.25) is 0 Å². The van der Waals surface area contributed by atoms with Crippen molar-refractivity contribution in [3.8, 4) is 0 Å². The quantitative estimate of drug-likeness (QED) is 0.773. The van der Waals surface area contributed by atoms with Crippen LogP contribution in [0.15, 0.2) is 18.6 Å². The average molecular weight is 232 g/mol. The van der Waals surface area contributed by atoms with Gasteiger partial charge in [-0.1, -0.05) is 0 Å². The van der Waals surface area contributed by atoms with E-state index in [-0.39, 0.29) is 0 Å². The van der Waals surface area contributed by atoms with Gasteiger partial charge >= 0.3 is 0 Å². The van der Waals surface area contributed by atoms with Crippen LogP contribution in [0.5, 0.6) is 0 Å². The fourth-order valence-corrected chi connectivity index (χ4v) is 2.12. The van der Waals surface area contributed by atoms with Gasteiger partial charge in [-0.2, -0.15) is 0 Å². The van der Waals surface area contributed by atoms with Gasteiger partial charge in [0.2, 0.25) is 0 Å². The Morgan fingerprint density at radius 1 is 1.35 bits per heavy atom. The van der Waals surface area contributed by atoms with E-state index in [1.807, 2.05) is 30.0 Å². The van der Waals surface area contributed by atoms with E-state index in [4.69, 9.17) is 0 Å². The minimum Gasteiger partial charge on any atom is -0.372 e. The summed E-state index contributed by atoms with van der Waals surface area (Å²) in [6, 6.07) is 0. The molecule has 0 radical (unpaired) electrons. The van der Waals surface area contributed by atoms with Crippen molar-refractivity contribution in [3.63, 3.8) is 0 Å². The molecule has 2 N–H and O–H groups in total. The first kappa shape index (κ1) is 10.3. The molecule has 1 fully saturated rings. The minimum atomic E-state index is 0.865. The van der Waals surface area contributed by atoms with Gasteiger partial charge < -0.3 is 19.9 Å². The van der Waals surface area contributed by atoms with E-state index in [0.29, 0.717) is 0 Å². The number of fused-ring (bicyclic) bond motifs is 1. The number of nitrogens with zero attached hydrogens (tertiary/aromatic N) is 4.